The molecule has 1 aliphatic rings. The largest absolute Gasteiger partial charge is 0.376 e. The molecule has 3 aromatic rings. The Morgan fingerprint density at radius 3 is 2.79 bits per heavy atom. The first-order chi connectivity index (χ1) is 13.9. The third kappa shape index (κ3) is 4.36. The maximum absolute atomic E-state index is 13.2. The minimum absolute atomic E-state index is 0.0647. The van der Waals surface area contributed by atoms with Crippen molar-refractivity contribution < 1.29 is 17.9 Å². The third-order valence-electron chi connectivity index (χ3n) is 4.74. The number of benzene rings is 1. The van der Waals surface area contributed by atoms with Crippen molar-refractivity contribution in [2.75, 3.05) is 31.6 Å². The number of amides is 1. The van der Waals surface area contributed by atoms with E-state index in [1.54, 1.807) is 22.4 Å². The number of nitrogens with zero attached hydrogens (tertiary/aromatic N) is 3. The Balaban J connectivity index is 1.59. The van der Waals surface area contributed by atoms with Crippen LogP contribution in [0.4, 0.5) is 5.13 Å². The molecule has 1 unspecified atom stereocenters. The van der Waals surface area contributed by atoms with Gasteiger partial charge in [-0.1, -0.05) is 29.5 Å². The quantitative estimate of drug-likeness (QED) is 0.551. The first kappa shape index (κ1) is 20.4. The second-order valence-corrected chi connectivity index (χ2v) is 11.0. The molecule has 4 rings (SSSR count). The fraction of sp³-hybridized carbons (Fsp3) is 0.368. The van der Waals surface area contributed by atoms with Crippen molar-refractivity contribution in [3.8, 4) is 0 Å². The van der Waals surface area contributed by atoms with Crippen molar-refractivity contribution in [1.29, 1.82) is 0 Å². The van der Waals surface area contributed by atoms with E-state index in [-0.39, 0.29) is 22.8 Å². The van der Waals surface area contributed by atoms with Gasteiger partial charge in [-0.05, 0) is 36.4 Å². The summed E-state index contributed by atoms with van der Waals surface area (Å²) in [6.45, 7) is 0.785. The summed E-state index contributed by atoms with van der Waals surface area (Å²) in [4.78, 5) is 19.3. The highest BCUT2D eigenvalue weighted by Crippen LogP contribution is 2.30. The Hall–Kier alpha value is -1.85. The topological polar surface area (TPSA) is 79.8 Å². The number of ether oxygens (including phenoxy) is 1. The van der Waals surface area contributed by atoms with E-state index in [4.69, 9.17) is 4.74 Å². The summed E-state index contributed by atoms with van der Waals surface area (Å²) in [6, 6.07) is 10.9. The van der Waals surface area contributed by atoms with Gasteiger partial charge in [-0.25, -0.2) is 13.4 Å². The van der Waals surface area contributed by atoms with Gasteiger partial charge in [0.15, 0.2) is 5.13 Å². The average Bonchev–Trinajstić information content (AvgIpc) is 3.47. The number of likely N-dealkylation sites (N-methyl/N-ethyl adjacent to an activating group) is 1. The molecule has 0 N–H and O–H groups in total. The second kappa shape index (κ2) is 8.49. The summed E-state index contributed by atoms with van der Waals surface area (Å²) in [5, 5.41) is 2.27. The molecule has 1 saturated heterocycles. The number of thiazole rings is 1. The van der Waals surface area contributed by atoms with Gasteiger partial charge >= 0.3 is 0 Å². The summed E-state index contributed by atoms with van der Waals surface area (Å²) in [5.41, 5.74) is 0.817. The van der Waals surface area contributed by atoms with Crippen LogP contribution in [0.2, 0.25) is 0 Å². The first-order valence-corrected chi connectivity index (χ1v) is 12.4. The average molecular weight is 452 g/mol. The molecule has 0 bridgehead atoms. The molecule has 1 amide bonds. The summed E-state index contributed by atoms with van der Waals surface area (Å²) in [5.74, 6) is -0.317. The lowest BCUT2D eigenvalue weighted by atomic mass is 10.2. The SMILES string of the molecule is CN(CC(=O)N(CC1CCCO1)c1nc2ccccc2s1)S(=O)(=O)c1cccs1. The molecular formula is C19H21N3O4S3. The van der Waals surface area contributed by atoms with Crippen LogP contribution in [0.25, 0.3) is 10.2 Å². The van der Waals surface area contributed by atoms with Crippen LogP contribution in [-0.4, -0.2) is 56.5 Å². The van der Waals surface area contributed by atoms with Crippen molar-refractivity contribution in [2.24, 2.45) is 0 Å². The molecule has 10 heteroatoms. The normalized spacial score (nSPS) is 17.2. The van der Waals surface area contributed by atoms with Gasteiger partial charge in [-0.2, -0.15) is 4.31 Å². The number of sulfonamides is 1. The fourth-order valence-electron chi connectivity index (χ4n) is 3.18. The predicted molar refractivity (Wildman–Crippen MR) is 115 cm³/mol. The molecule has 29 heavy (non-hydrogen) atoms. The highest BCUT2D eigenvalue weighted by atomic mass is 32.2. The van der Waals surface area contributed by atoms with Crippen molar-refractivity contribution in [1.82, 2.24) is 9.29 Å². The van der Waals surface area contributed by atoms with E-state index in [9.17, 15) is 13.2 Å². The van der Waals surface area contributed by atoms with E-state index in [1.165, 1.54) is 18.4 Å². The number of para-hydroxylation sites is 1. The summed E-state index contributed by atoms with van der Waals surface area (Å²) >= 11 is 2.56. The number of fused-ring (bicyclic) bond motifs is 1. The zero-order chi connectivity index (χ0) is 20.4. The van der Waals surface area contributed by atoms with Crippen LogP contribution in [-0.2, 0) is 19.6 Å². The number of thiophene rings is 1. The van der Waals surface area contributed by atoms with Gasteiger partial charge in [0.25, 0.3) is 10.0 Å². The van der Waals surface area contributed by atoms with E-state index in [0.717, 1.165) is 38.7 Å². The van der Waals surface area contributed by atoms with E-state index < -0.39 is 10.0 Å². The van der Waals surface area contributed by atoms with Gasteiger partial charge in [-0.15, -0.1) is 11.3 Å². The molecule has 1 fully saturated rings. The molecule has 0 saturated carbocycles. The lowest BCUT2D eigenvalue weighted by Gasteiger charge is -2.25. The van der Waals surface area contributed by atoms with E-state index >= 15 is 0 Å². The second-order valence-electron chi connectivity index (χ2n) is 6.80. The minimum atomic E-state index is -3.70. The van der Waals surface area contributed by atoms with Gasteiger partial charge in [0.1, 0.15) is 4.21 Å². The molecule has 0 aliphatic carbocycles. The van der Waals surface area contributed by atoms with Crippen LogP contribution in [0.3, 0.4) is 0 Å². The monoisotopic (exact) mass is 451 g/mol. The highest BCUT2D eigenvalue weighted by Gasteiger charge is 2.30. The van der Waals surface area contributed by atoms with Crippen LogP contribution in [0.1, 0.15) is 12.8 Å². The Bertz CT molecular complexity index is 1060. The van der Waals surface area contributed by atoms with Gasteiger partial charge in [0.2, 0.25) is 5.91 Å². The van der Waals surface area contributed by atoms with Gasteiger partial charge in [0.05, 0.1) is 29.4 Å². The molecule has 154 valence electrons. The van der Waals surface area contributed by atoms with Gasteiger partial charge < -0.3 is 4.74 Å². The number of rotatable bonds is 7. The third-order valence-corrected chi connectivity index (χ3v) is 8.98. The Kier molecular flexibility index (Phi) is 5.98. The minimum Gasteiger partial charge on any atom is -0.376 e. The zero-order valence-corrected chi connectivity index (χ0v) is 18.3. The number of carbonyl (C=O) groups excluding carboxylic acids is 1. The Labute approximate surface area is 177 Å². The predicted octanol–water partition coefficient (Wildman–Crippen LogP) is 3.19. The summed E-state index contributed by atoms with van der Waals surface area (Å²) in [7, 11) is -2.28. The van der Waals surface area contributed by atoms with Crippen LogP contribution >= 0.6 is 22.7 Å². The highest BCUT2D eigenvalue weighted by molar-refractivity contribution is 7.91. The van der Waals surface area contributed by atoms with Crippen LogP contribution < -0.4 is 4.90 Å². The zero-order valence-electron chi connectivity index (χ0n) is 15.9. The molecule has 7 nitrogen and oxygen atoms in total. The number of hydrogen-bond acceptors (Lipinski definition) is 7. The lowest BCUT2D eigenvalue weighted by molar-refractivity contribution is -0.119. The number of aromatic nitrogens is 1. The van der Waals surface area contributed by atoms with Gasteiger partial charge in [-0.3, -0.25) is 9.69 Å². The molecule has 1 aliphatic heterocycles. The number of anilines is 1. The maximum atomic E-state index is 13.2. The number of hydrogen-bond donors (Lipinski definition) is 0. The molecule has 1 aromatic carbocycles. The molecule has 0 radical (unpaired) electrons. The van der Waals surface area contributed by atoms with E-state index in [2.05, 4.69) is 4.98 Å². The molecular weight excluding hydrogens is 430 g/mol. The number of carbonyl (C=O) groups is 1. The Morgan fingerprint density at radius 1 is 1.28 bits per heavy atom. The standard InChI is InChI=1S/C19H21N3O4S3/c1-21(29(24,25)18-9-5-11-27-18)13-17(23)22(12-14-6-4-10-26-14)19-20-15-7-2-3-8-16(15)28-19/h2-3,5,7-9,11,14H,4,6,10,12-13H2,1H3. The van der Waals surface area contributed by atoms with Crippen molar-refractivity contribution >= 4 is 54.0 Å². The smallest absolute Gasteiger partial charge is 0.252 e. The van der Waals surface area contributed by atoms with E-state index in [1.807, 2.05) is 24.3 Å². The first-order valence-electron chi connectivity index (χ1n) is 9.22. The van der Waals surface area contributed by atoms with Crippen LogP contribution in [0, 0.1) is 0 Å². The van der Waals surface area contributed by atoms with Crippen LogP contribution in [0.15, 0.2) is 46.0 Å². The van der Waals surface area contributed by atoms with Crippen molar-refractivity contribution in [3.63, 3.8) is 0 Å². The summed E-state index contributed by atoms with van der Waals surface area (Å²) in [6.07, 6.45) is 1.77. The fourth-order valence-corrected chi connectivity index (χ4v) is 6.49. The molecule has 2 aromatic heterocycles. The Morgan fingerprint density at radius 2 is 2.10 bits per heavy atom. The molecule has 0 spiro atoms. The molecule has 1 atom stereocenters. The van der Waals surface area contributed by atoms with E-state index in [0.29, 0.717) is 18.3 Å². The maximum Gasteiger partial charge on any atom is 0.252 e. The lowest BCUT2D eigenvalue weighted by Crippen LogP contribution is -2.44. The van der Waals surface area contributed by atoms with Crippen molar-refractivity contribution in [3.05, 3.63) is 41.8 Å². The molecule has 3 heterocycles. The summed E-state index contributed by atoms with van der Waals surface area (Å²) < 4.78 is 33.4. The van der Waals surface area contributed by atoms with Crippen LogP contribution in [0.5, 0.6) is 0 Å². The van der Waals surface area contributed by atoms with Gasteiger partial charge in [0, 0.05) is 13.7 Å². The van der Waals surface area contributed by atoms with Crippen molar-refractivity contribution in [2.45, 2.75) is 23.2 Å².